The highest BCUT2D eigenvalue weighted by molar-refractivity contribution is 7.98. The van der Waals surface area contributed by atoms with E-state index in [4.69, 9.17) is 5.73 Å². The molecule has 0 radical (unpaired) electrons. The molecule has 0 aliphatic heterocycles. The van der Waals surface area contributed by atoms with Crippen molar-refractivity contribution in [2.75, 3.05) is 0 Å². The smallest absolute Gasteiger partial charge is 0.103 e. The molecule has 0 saturated carbocycles. The summed E-state index contributed by atoms with van der Waals surface area (Å²) in [6, 6.07) is 10.4. The SMILES string of the molecule is NCc1cnc(CSc2ccccc2)s1. The van der Waals surface area contributed by atoms with Crippen LogP contribution < -0.4 is 5.73 Å². The molecule has 1 aromatic carbocycles. The molecular formula is C11H12N2S2. The molecule has 1 aromatic heterocycles. The minimum absolute atomic E-state index is 0.591. The first kappa shape index (κ1) is 10.7. The summed E-state index contributed by atoms with van der Waals surface area (Å²) < 4.78 is 0. The average molecular weight is 236 g/mol. The molecule has 2 N–H and O–H groups in total. The predicted molar refractivity (Wildman–Crippen MR) is 66.0 cm³/mol. The zero-order valence-corrected chi connectivity index (χ0v) is 9.85. The van der Waals surface area contributed by atoms with Crippen molar-refractivity contribution in [1.29, 1.82) is 0 Å². The average Bonchev–Trinajstić information content (AvgIpc) is 2.76. The zero-order valence-electron chi connectivity index (χ0n) is 8.22. The number of hydrogen-bond donors (Lipinski definition) is 1. The van der Waals surface area contributed by atoms with Crippen LogP contribution in [0.5, 0.6) is 0 Å². The second-order valence-corrected chi connectivity index (χ2v) is 5.27. The van der Waals surface area contributed by atoms with Gasteiger partial charge in [0.15, 0.2) is 0 Å². The predicted octanol–water partition coefficient (Wildman–Crippen LogP) is 2.89. The highest BCUT2D eigenvalue weighted by atomic mass is 32.2. The van der Waals surface area contributed by atoms with Gasteiger partial charge in [-0.2, -0.15) is 0 Å². The minimum Gasteiger partial charge on any atom is -0.326 e. The fourth-order valence-corrected chi connectivity index (χ4v) is 2.89. The number of aromatic nitrogens is 1. The second-order valence-electron chi connectivity index (χ2n) is 3.03. The number of benzene rings is 1. The second kappa shape index (κ2) is 5.30. The van der Waals surface area contributed by atoms with Crippen molar-refractivity contribution in [3.8, 4) is 0 Å². The van der Waals surface area contributed by atoms with Crippen LogP contribution in [0.1, 0.15) is 9.88 Å². The molecule has 0 amide bonds. The number of nitrogens with two attached hydrogens (primary N) is 1. The maximum Gasteiger partial charge on any atom is 0.103 e. The molecule has 0 fully saturated rings. The fourth-order valence-electron chi connectivity index (χ4n) is 1.17. The molecule has 2 rings (SSSR count). The van der Waals surface area contributed by atoms with Gasteiger partial charge < -0.3 is 5.73 Å². The first-order valence-corrected chi connectivity index (χ1v) is 6.50. The quantitative estimate of drug-likeness (QED) is 0.830. The molecule has 0 unspecified atom stereocenters. The van der Waals surface area contributed by atoms with Crippen molar-refractivity contribution in [1.82, 2.24) is 4.98 Å². The lowest BCUT2D eigenvalue weighted by Gasteiger charge is -1.97. The van der Waals surface area contributed by atoms with Crippen LogP contribution in [-0.4, -0.2) is 4.98 Å². The van der Waals surface area contributed by atoms with Crippen molar-refractivity contribution in [2.24, 2.45) is 5.73 Å². The maximum absolute atomic E-state index is 5.53. The summed E-state index contributed by atoms with van der Waals surface area (Å²) in [6.45, 7) is 0.591. The van der Waals surface area contributed by atoms with Crippen LogP contribution in [0.4, 0.5) is 0 Å². The Morgan fingerprint density at radius 1 is 1.27 bits per heavy atom. The third-order valence-corrected chi connectivity index (χ3v) is 4.13. The zero-order chi connectivity index (χ0) is 10.5. The lowest BCUT2D eigenvalue weighted by Crippen LogP contribution is -1.91. The third-order valence-electron chi connectivity index (χ3n) is 1.91. The standard InChI is InChI=1S/C11H12N2S2/c12-6-10-7-13-11(15-10)8-14-9-4-2-1-3-5-9/h1-5,7H,6,8,12H2. The van der Waals surface area contributed by atoms with Crippen molar-refractivity contribution in [3.63, 3.8) is 0 Å². The largest absolute Gasteiger partial charge is 0.326 e. The minimum atomic E-state index is 0.591. The van der Waals surface area contributed by atoms with E-state index in [1.165, 1.54) is 4.90 Å². The summed E-state index contributed by atoms with van der Waals surface area (Å²) in [5.41, 5.74) is 5.53. The van der Waals surface area contributed by atoms with E-state index < -0.39 is 0 Å². The number of thioether (sulfide) groups is 1. The van der Waals surface area contributed by atoms with E-state index in [9.17, 15) is 0 Å². The topological polar surface area (TPSA) is 38.9 Å². The molecule has 0 atom stereocenters. The summed E-state index contributed by atoms with van der Waals surface area (Å²) in [5.74, 6) is 0.925. The Morgan fingerprint density at radius 2 is 2.07 bits per heavy atom. The molecule has 0 aliphatic rings. The van der Waals surface area contributed by atoms with Gasteiger partial charge in [0.2, 0.25) is 0 Å². The lowest BCUT2D eigenvalue weighted by molar-refractivity contribution is 1.09. The summed E-state index contributed by atoms with van der Waals surface area (Å²) in [6.07, 6.45) is 1.87. The number of nitrogens with zero attached hydrogens (tertiary/aromatic N) is 1. The van der Waals surface area contributed by atoms with Crippen LogP contribution in [0.15, 0.2) is 41.4 Å². The Hall–Kier alpha value is -0.840. The first-order chi connectivity index (χ1) is 7.38. The van der Waals surface area contributed by atoms with Crippen LogP contribution in [-0.2, 0) is 12.3 Å². The Labute approximate surface area is 97.5 Å². The molecule has 0 aliphatic carbocycles. The highest BCUT2D eigenvalue weighted by Crippen LogP contribution is 2.24. The van der Waals surface area contributed by atoms with E-state index in [1.807, 2.05) is 12.3 Å². The van der Waals surface area contributed by atoms with Gasteiger partial charge in [-0.3, -0.25) is 0 Å². The van der Waals surface area contributed by atoms with E-state index in [-0.39, 0.29) is 0 Å². The molecule has 0 saturated heterocycles. The van der Waals surface area contributed by atoms with Gasteiger partial charge in [-0.05, 0) is 12.1 Å². The summed E-state index contributed by atoms with van der Waals surface area (Å²) in [7, 11) is 0. The molecule has 2 aromatic rings. The molecule has 0 spiro atoms. The fraction of sp³-hybridized carbons (Fsp3) is 0.182. The Kier molecular flexibility index (Phi) is 3.77. The van der Waals surface area contributed by atoms with Crippen molar-refractivity contribution < 1.29 is 0 Å². The van der Waals surface area contributed by atoms with Gasteiger partial charge in [-0.15, -0.1) is 23.1 Å². The van der Waals surface area contributed by atoms with Gasteiger partial charge in [0.05, 0.1) is 5.75 Å². The van der Waals surface area contributed by atoms with Crippen LogP contribution in [0.2, 0.25) is 0 Å². The van der Waals surface area contributed by atoms with Crippen molar-refractivity contribution in [2.45, 2.75) is 17.2 Å². The molecule has 78 valence electrons. The summed E-state index contributed by atoms with van der Waals surface area (Å²) >= 11 is 3.50. The number of hydrogen-bond acceptors (Lipinski definition) is 4. The van der Waals surface area contributed by atoms with E-state index in [1.54, 1.807) is 23.1 Å². The van der Waals surface area contributed by atoms with Crippen molar-refractivity contribution in [3.05, 3.63) is 46.4 Å². The normalized spacial score (nSPS) is 10.5. The summed E-state index contributed by atoms with van der Waals surface area (Å²) in [4.78, 5) is 6.75. The van der Waals surface area contributed by atoms with Gasteiger partial charge in [0, 0.05) is 22.5 Å². The van der Waals surface area contributed by atoms with Crippen LogP contribution >= 0.6 is 23.1 Å². The summed E-state index contributed by atoms with van der Waals surface area (Å²) in [5, 5.41) is 1.14. The van der Waals surface area contributed by atoms with E-state index >= 15 is 0 Å². The Morgan fingerprint density at radius 3 is 2.73 bits per heavy atom. The van der Waals surface area contributed by atoms with Crippen LogP contribution in [0.25, 0.3) is 0 Å². The van der Waals surface area contributed by atoms with Gasteiger partial charge in [0.25, 0.3) is 0 Å². The first-order valence-electron chi connectivity index (χ1n) is 4.70. The molecular weight excluding hydrogens is 224 g/mol. The molecule has 0 bridgehead atoms. The van der Waals surface area contributed by atoms with Crippen LogP contribution in [0.3, 0.4) is 0 Å². The number of rotatable bonds is 4. The van der Waals surface area contributed by atoms with E-state index in [0.717, 1.165) is 15.6 Å². The van der Waals surface area contributed by atoms with Crippen LogP contribution in [0, 0.1) is 0 Å². The van der Waals surface area contributed by atoms with Gasteiger partial charge >= 0.3 is 0 Å². The van der Waals surface area contributed by atoms with E-state index in [0.29, 0.717) is 6.54 Å². The molecule has 2 nitrogen and oxygen atoms in total. The molecule has 4 heteroatoms. The Bertz CT molecular complexity index is 412. The van der Waals surface area contributed by atoms with Crippen molar-refractivity contribution >= 4 is 23.1 Å². The van der Waals surface area contributed by atoms with Gasteiger partial charge in [-0.1, -0.05) is 18.2 Å². The number of thiazole rings is 1. The van der Waals surface area contributed by atoms with Gasteiger partial charge in [0.1, 0.15) is 5.01 Å². The molecule has 15 heavy (non-hydrogen) atoms. The molecule has 1 heterocycles. The monoisotopic (exact) mass is 236 g/mol. The third kappa shape index (κ3) is 3.06. The van der Waals surface area contributed by atoms with Gasteiger partial charge in [-0.25, -0.2) is 4.98 Å². The Balaban J connectivity index is 1.93. The highest BCUT2D eigenvalue weighted by Gasteiger charge is 2.01. The maximum atomic E-state index is 5.53. The lowest BCUT2D eigenvalue weighted by atomic mass is 10.4. The van der Waals surface area contributed by atoms with E-state index in [2.05, 4.69) is 29.2 Å².